The highest BCUT2D eigenvalue weighted by Crippen LogP contribution is 2.52. The summed E-state index contributed by atoms with van der Waals surface area (Å²) >= 11 is 0. The summed E-state index contributed by atoms with van der Waals surface area (Å²) in [6.07, 6.45) is 21.2. The lowest BCUT2D eigenvalue weighted by Gasteiger charge is -2.47. The maximum atomic E-state index is 2.54. The lowest BCUT2D eigenvalue weighted by Crippen LogP contribution is -2.36. The Kier molecular flexibility index (Phi) is 6.23. The first-order valence-electron chi connectivity index (χ1n) is 9.27. The number of rotatable bonds is 6. The minimum Gasteiger partial charge on any atom is -0.0654 e. The summed E-state index contributed by atoms with van der Waals surface area (Å²) in [4.78, 5) is 0. The van der Waals surface area contributed by atoms with Crippen molar-refractivity contribution in [2.75, 3.05) is 0 Å². The van der Waals surface area contributed by atoms with Gasteiger partial charge in [-0.1, -0.05) is 71.6 Å². The fraction of sp³-hybridized carbons (Fsp3) is 1.00. The van der Waals surface area contributed by atoms with Crippen molar-refractivity contribution in [3.8, 4) is 0 Å². The maximum absolute atomic E-state index is 2.54. The Labute approximate surface area is 121 Å². The van der Waals surface area contributed by atoms with Crippen LogP contribution in [0, 0.1) is 17.3 Å². The Bertz CT molecular complexity index is 230. The summed E-state index contributed by atoms with van der Waals surface area (Å²) in [6.45, 7) is 4.87. The van der Waals surface area contributed by atoms with E-state index in [0.717, 1.165) is 17.3 Å². The molecule has 1 atom stereocenters. The van der Waals surface area contributed by atoms with E-state index in [-0.39, 0.29) is 0 Å². The molecular formula is C19H36. The molecule has 0 heteroatoms. The summed E-state index contributed by atoms with van der Waals surface area (Å²) in [5.41, 5.74) is 0.770. The van der Waals surface area contributed by atoms with E-state index in [1.807, 2.05) is 0 Å². The van der Waals surface area contributed by atoms with Crippen molar-refractivity contribution in [1.29, 1.82) is 0 Å². The minimum absolute atomic E-state index is 0.770. The van der Waals surface area contributed by atoms with E-state index in [2.05, 4.69) is 13.8 Å². The molecule has 112 valence electrons. The van der Waals surface area contributed by atoms with E-state index in [0.29, 0.717) is 0 Å². The van der Waals surface area contributed by atoms with Crippen LogP contribution in [-0.2, 0) is 0 Å². The highest BCUT2D eigenvalue weighted by Gasteiger charge is 2.40. The molecule has 1 unspecified atom stereocenters. The largest absolute Gasteiger partial charge is 0.0654 e. The molecule has 0 aliphatic heterocycles. The Hall–Kier alpha value is 0. The third-order valence-electron chi connectivity index (χ3n) is 6.13. The fourth-order valence-corrected chi connectivity index (χ4v) is 5.10. The van der Waals surface area contributed by atoms with Crippen molar-refractivity contribution in [2.24, 2.45) is 17.3 Å². The molecule has 2 aliphatic rings. The van der Waals surface area contributed by atoms with E-state index in [1.54, 1.807) is 32.1 Å². The third-order valence-corrected chi connectivity index (χ3v) is 6.13. The van der Waals surface area contributed by atoms with Crippen molar-refractivity contribution in [1.82, 2.24) is 0 Å². The highest BCUT2D eigenvalue weighted by atomic mass is 14.5. The van der Waals surface area contributed by atoms with E-state index >= 15 is 0 Å². The molecule has 2 saturated carbocycles. The van der Waals surface area contributed by atoms with Gasteiger partial charge in [-0.25, -0.2) is 0 Å². The smallest absolute Gasteiger partial charge is 0.0267 e. The first-order chi connectivity index (χ1) is 9.27. The molecule has 0 saturated heterocycles. The molecule has 2 rings (SSSR count). The molecular weight excluding hydrogens is 228 g/mol. The van der Waals surface area contributed by atoms with Gasteiger partial charge in [0.2, 0.25) is 0 Å². The summed E-state index contributed by atoms with van der Waals surface area (Å²) in [7, 11) is 0. The van der Waals surface area contributed by atoms with Gasteiger partial charge >= 0.3 is 0 Å². The zero-order chi connectivity index (χ0) is 13.6. The first kappa shape index (κ1) is 15.4. The van der Waals surface area contributed by atoms with E-state index in [1.165, 1.54) is 57.8 Å². The van der Waals surface area contributed by atoms with Crippen LogP contribution in [-0.4, -0.2) is 0 Å². The minimum atomic E-state index is 0.770. The van der Waals surface area contributed by atoms with Gasteiger partial charge in [0.1, 0.15) is 0 Å². The second-order valence-electron chi connectivity index (χ2n) is 7.71. The van der Waals surface area contributed by atoms with Crippen molar-refractivity contribution in [3.05, 3.63) is 0 Å². The SMILES string of the molecule is CCCCC(C)CC1(C2CCCCC2)CCCCC1. The molecule has 0 bridgehead atoms. The molecule has 2 fully saturated rings. The molecule has 0 radical (unpaired) electrons. The van der Waals surface area contributed by atoms with Crippen LogP contribution in [0.3, 0.4) is 0 Å². The zero-order valence-electron chi connectivity index (χ0n) is 13.6. The normalized spacial score (nSPS) is 26.2. The predicted octanol–water partition coefficient (Wildman–Crippen LogP) is 6.73. The van der Waals surface area contributed by atoms with E-state index in [4.69, 9.17) is 0 Å². The Morgan fingerprint density at radius 3 is 2.21 bits per heavy atom. The Morgan fingerprint density at radius 1 is 0.947 bits per heavy atom. The van der Waals surface area contributed by atoms with Crippen LogP contribution >= 0.6 is 0 Å². The number of unbranched alkanes of at least 4 members (excludes halogenated alkanes) is 1. The monoisotopic (exact) mass is 264 g/mol. The van der Waals surface area contributed by atoms with Gasteiger partial charge < -0.3 is 0 Å². The third kappa shape index (κ3) is 4.23. The van der Waals surface area contributed by atoms with E-state index in [9.17, 15) is 0 Å². The Morgan fingerprint density at radius 2 is 1.58 bits per heavy atom. The molecule has 0 heterocycles. The van der Waals surface area contributed by atoms with Gasteiger partial charge in [0.05, 0.1) is 0 Å². The standard InChI is InChI=1S/C19H36/c1-3-4-11-17(2)16-19(14-9-6-10-15-19)18-12-7-5-8-13-18/h17-18H,3-16H2,1-2H3. The number of hydrogen-bond donors (Lipinski definition) is 0. The van der Waals surface area contributed by atoms with Crippen molar-refractivity contribution < 1.29 is 0 Å². The van der Waals surface area contributed by atoms with Crippen LogP contribution in [0.15, 0.2) is 0 Å². The highest BCUT2D eigenvalue weighted by molar-refractivity contribution is 4.91. The van der Waals surface area contributed by atoms with Crippen molar-refractivity contribution in [3.63, 3.8) is 0 Å². The van der Waals surface area contributed by atoms with E-state index < -0.39 is 0 Å². The van der Waals surface area contributed by atoms with Gasteiger partial charge in [0.15, 0.2) is 0 Å². The summed E-state index contributed by atoms with van der Waals surface area (Å²) < 4.78 is 0. The van der Waals surface area contributed by atoms with Crippen LogP contribution in [0.5, 0.6) is 0 Å². The summed E-state index contributed by atoms with van der Waals surface area (Å²) in [5, 5.41) is 0. The maximum Gasteiger partial charge on any atom is -0.0267 e. The van der Waals surface area contributed by atoms with Gasteiger partial charge in [-0.2, -0.15) is 0 Å². The van der Waals surface area contributed by atoms with Crippen LogP contribution in [0.2, 0.25) is 0 Å². The topological polar surface area (TPSA) is 0 Å². The van der Waals surface area contributed by atoms with Gasteiger partial charge in [-0.15, -0.1) is 0 Å². The van der Waals surface area contributed by atoms with Crippen LogP contribution < -0.4 is 0 Å². The summed E-state index contributed by atoms with van der Waals surface area (Å²) in [5.74, 6) is 2.06. The molecule has 0 aromatic rings. The molecule has 0 N–H and O–H groups in total. The molecule has 0 nitrogen and oxygen atoms in total. The lowest BCUT2D eigenvalue weighted by molar-refractivity contribution is 0.0404. The average Bonchev–Trinajstić information content (AvgIpc) is 2.47. The van der Waals surface area contributed by atoms with Crippen LogP contribution in [0.25, 0.3) is 0 Å². The van der Waals surface area contributed by atoms with Gasteiger partial charge in [0, 0.05) is 0 Å². The molecule has 0 aromatic heterocycles. The molecule has 0 aromatic carbocycles. The van der Waals surface area contributed by atoms with Crippen LogP contribution in [0.1, 0.15) is 104 Å². The van der Waals surface area contributed by atoms with Gasteiger partial charge in [-0.05, 0) is 49.4 Å². The average molecular weight is 264 g/mol. The quantitative estimate of drug-likeness (QED) is 0.498. The molecule has 2 aliphatic carbocycles. The fourth-order valence-electron chi connectivity index (χ4n) is 5.10. The van der Waals surface area contributed by atoms with Crippen molar-refractivity contribution >= 4 is 0 Å². The second kappa shape index (κ2) is 7.70. The van der Waals surface area contributed by atoms with Gasteiger partial charge in [-0.3, -0.25) is 0 Å². The van der Waals surface area contributed by atoms with Gasteiger partial charge in [0.25, 0.3) is 0 Å². The number of hydrogen-bond acceptors (Lipinski definition) is 0. The predicted molar refractivity (Wildman–Crippen MR) is 85.4 cm³/mol. The lowest BCUT2D eigenvalue weighted by atomic mass is 9.58. The van der Waals surface area contributed by atoms with Crippen LogP contribution in [0.4, 0.5) is 0 Å². The zero-order valence-corrected chi connectivity index (χ0v) is 13.6. The molecule has 19 heavy (non-hydrogen) atoms. The van der Waals surface area contributed by atoms with Crippen molar-refractivity contribution in [2.45, 2.75) is 104 Å². The Balaban J connectivity index is 1.96. The summed E-state index contributed by atoms with van der Waals surface area (Å²) in [6, 6.07) is 0. The first-order valence-corrected chi connectivity index (χ1v) is 9.27. The molecule has 0 spiro atoms. The molecule has 0 amide bonds. The second-order valence-corrected chi connectivity index (χ2v) is 7.71.